The number of aromatic nitrogens is 1. The summed E-state index contributed by atoms with van der Waals surface area (Å²) in [5.74, 6) is -12.2. The van der Waals surface area contributed by atoms with Gasteiger partial charge in [-0.2, -0.15) is 0 Å². The van der Waals surface area contributed by atoms with Gasteiger partial charge in [-0.1, -0.05) is 161 Å². The first-order valence-corrected chi connectivity index (χ1v) is 48.4. The van der Waals surface area contributed by atoms with Crippen molar-refractivity contribution >= 4 is 131 Å². The zero-order valence-corrected chi connectivity index (χ0v) is 80.4. The number of aliphatic hydroxyl groups is 1. The predicted octanol–water partition coefficient (Wildman–Crippen LogP) is 7.52. The number of nitrogens with two attached hydrogens (primary N) is 4. The lowest BCUT2D eigenvalue weighted by atomic mass is 9.77. The van der Waals surface area contributed by atoms with Gasteiger partial charge in [0.15, 0.2) is 17.3 Å². The van der Waals surface area contributed by atoms with E-state index < -0.39 is 171 Å². The number of Topliss-reactive ketones (excluding diaryl/α,β-unsaturated/α-hetero) is 4. The third-order valence-electron chi connectivity index (χ3n) is 23.7. The van der Waals surface area contributed by atoms with Gasteiger partial charge >= 0.3 is 0 Å². The number of fused-ring (bicyclic) bond motifs is 2. The number of aliphatic hydroxyl groups excluding tert-OH is 1. The van der Waals surface area contributed by atoms with E-state index in [2.05, 4.69) is 78.9 Å². The zero-order valence-electron chi connectivity index (χ0n) is 78.8. The minimum atomic E-state index is -1.89. The highest BCUT2D eigenvalue weighted by atomic mass is 33.1. The summed E-state index contributed by atoms with van der Waals surface area (Å²) in [5.41, 5.74) is 25.3. The minimum absolute atomic E-state index is 0.0807. The lowest BCUT2D eigenvalue weighted by Gasteiger charge is -2.39. The number of carbonyl (C=O) groups excluding carboxylic acids is 15. The predicted molar refractivity (Wildman–Crippen MR) is 511 cm³/mol. The lowest BCUT2D eigenvalue weighted by molar-refractivity contribution is -0.139. The number of primary amides is 2. The molecule has 13 atom stereocenters. The number of aryl methyl sites for hydroxylation is 1. The van der Waals surface area contributed by atoms with E-state index in [9.17, 15) is 43.5 Å². The number of aromatic amines is 1. The molecule has 1 aliphatic rings. The van der Waals surface area contributed by atoms with Crippen LogP contribution in [-0.2, 0) is 97.6 Å². The Kier molecular flexibility index (Phi) is 45.3. The number of para-hydroxylation sites is 1. The molecular formula is C97H145N15O17S2. The molecule has 1 saturated heterocycles. The van der Waals surface area contributed by atoms with Gasteiger partial charge < -0.3 is 95.7 Å². The van der Waals surface area contributed by atoms with Gasteiger partial charge in [0.25, 0.3) is 0 Å². The molecule has 20 N–H and O–H groups in total. The highest BCUT2D eigenvalue weighted by Crippen LogP contribution is 2.47. The Morgan fingerprint density at radius 3 is 1.93 bits per heavy atom. The van der Waals surface area contributed by atoms with Crippen LogP contribution in [-0.4, -0.2) is 201 Å². The van der Waals surface area contributed by atoms with Crippen molar-refractivity contribution in [1.82, 2.24) is 58.2 Å². The Bertz CT molecular complexity index is 4690. The quantitative estimate of drug-likeness (QED) is 0.0132. The molecule has 34 heteroatoms. The molecule has 131 heavy (non-hydrogen) atoms. The Morgan fingerprint density at radius 1 is 0.618 bits per heavy atom. The molecule has 0 radical (unpaired) electrons. The normalized spacial score (nSPS) is 19.4. The summed E-state index contributed by atoms with van der Waals surface area (Å²) < 4.78 is 2.81. The maximum atomic E-state index is 16.6. The molecule has 5 aromatic rings. The van der Waals surface area contributed by atoms with Crippen molar-refractivity contribution in [3.8, 4) is 5.75 Å². The molecule has 722 valence electrons. The third-order valence-corrected chi connectivity index (χ3v) is 28.0. The highest BCUT2D eigenvalue weighted by molar-refractivity contribution is 8.77. The van der Waals surface area contributed by atoms with Gasteiger partial charge in [-0.15, -0.1) is 0 Å². The van der Waals surface area contributed by atoms with Crippen molar-refractivity contribution in [2.45, 2.75) is 314 Å². The Balaban J connectivity index is 1.54. The fourth-order valence-corrected chi connectivity index (χ4v) is 19.4. The van der Waals surface area contributed by atoms with Crippen LogP contribution in [0.15, 0.2) is 91.1 Å². The molecule has 1 aromatic heterocycles. The molecule has 11 amide bonds. The van der Waals surface area contributed by atoms with E-state index in [1.807, 2.05) is 67.6 Å². The van der Waals surface area contributed by atoms with Crippen molar-refractivity contribution in [2.24, 2.45) is 46.1 Å². The number of H-pyrrole nitrogens is 1. The number of amides is 11. The summed E-state index contributed by atoms with van der Waals surface area (Å²) in [4.78, 5) is 222. The van der Waals surface area contributed by atoms with Gasteiger partial charge in [0, 0.05) is 104 Å². The van der Waals surface area contributed by atoms with Crippen molar-refractivity contribution in [2.75, 3.05) is 32.8 Å². The smallest absolute Gasteiger partial charge is 0.245 e. The van der Waals surface area contributed by atoms with Gasteiger partial charge in [0.05, 0.1) is 30.0 Å². The van der Waals surface area contributed by atoms with E-state index in [0.717, 1.165) is 76.0 Å². The summed E-state index contributed by atoms with van der Waals surface area (Å²) in [6.07, 6.45) is 4.02. The molecule has 32 nitrogen and oxygen atoms in total. The number of ether oxygens (including phenoxy) is 1. The van der Waals surface area contributed by atoms with Gasteiger partial charge in [-0.3, -0.25) is 67.1 Å². The summed E-state index contributed by atoms with van der Waals surface area (Å²) >= 11 is 0. The largest absolute Gasteiger partial charge is 0.492 e. The zero-order chi connectivity index (χ0) is 96.9. The van der Waals surface area contributed by atoms with Crippen LogP contribution < -0.4 is 80.8 Å². The Labute approximate surface area is 779 Å². The molecule has 1 aliphatic heterocycles. The third kappa shape index (κ3) is 36.4. The molecule has 0 aliphatic carbocycles. The van der Waals surface area contributed by atoms with Crippen molar-refractivity contribution in [3.63, 3.8) is 0 Å². The van der Waals surface area contributed by atoms with Gasteiger partial charge in [-0.25, -0.2) is 0 Å². The van der Waals surface area contributed by atoms with E-state index in [1.54, 1.807) is 65.1 Å². The molecule has 0 bridgehead atoms. The second-order valence-corrected chi connectivity index (χ2v) is 40.4. The molecule has 4 aromatic carbocycles. The van der Waals surface area contributed by atoms with E-state index in [-0.39, 0.29) is 107 Å². The van der Waals surface area contributed by atoms with E-state index in [0.29, 0.717) is 91.8 Å². The molecule has 6 rings (SSSR count). The molecular weight excluding hydrogens is 1710 g/mol. The van der Waals surface area contributed by atoms with Crippen molar-refractivity contribution < 1.29 is 81.8 Å². The number of rotatable bonds is 52. The second kappa shape index (κ2) is 54.1. The molecule has 0 spiro atoms. The number of hydrogen-bond donors (Lipinski definition) is 16. The van der Waals surface area contributed by atoms with Gasteiger partial charge in [0.1, 0.15) is 54.4 Å². The number of benzene rings is 4. The van der Waals surface area contributed by atoms with Gasteiger partial charge in [-0.05, 0) is 189 Å². The highest BCUT2D eigenvalue weighted by Gasteiger charge is 2.47. The number of unbranched alkanes of at least 4 members (excludes halogenated alkanes) is 4. The first-order valence-electron chi connectivity index (χ1n) is 46.2. The van der Waals surface area contributed by atoms with E-state index >= 15 is 33.6 Å². The second-order valence-electron chi connectivity index (χ2n) is 36.9. The topological polar surface area (TPSA) is 526 Å². The number of ketones is 4. The molecule has 2 heterocycles. The van der Waals surface area contributed by atoms with Crippen LogP contribution in [0.2, 0.25) is 0 Å². The lowest BCUT2D eigenvalue weighted by Crippen LogP contribution is -2.63. The fraction of sp³-hybridized carbons (Fsp3) is 0.598. The van der Waals surface area contributed by atoms with Crippen LogP contribution in [0.25, 0.3) is 21.7 Å². The molecule has 1 fully saturated rings. The van der Waals surface area contributed by atoms with E-state index in [1.165, 1.54) is 20.8 Å². The van der Waals surface area contributed by atoms with Crippen LogP contribution in [0.3, 0.4) is 0 Å². The summed E-state index contributed by atoms with van der Waals surface area (Å²) in [6.45, 7) is 22.7. The Morgan fingerprint density at radius 2 is 1.29 bits per heavy atom. The molecule has 0 saturated carbocycles. The maximum Gasteiger partial charge on any atom is 0.245 e. The average Bonchev–Trinajstić information content (AvgIpc) is 1.79. The summed E-state index contributed by atoms with van der Waals surface area (Å²) in [6, 6.07) is 12.8. The average molecular weight is 1860 g/mol. The minimum Gasteiger partial charge on any atom is -0.492 e. The first-order chi connectivity index (χ1) is 62.0. The first kappa shape index (κ1) is 110. The van der Waals surface area contributed by atoms with Crippen LogP contribution in [0.5, 0.6) is 5.75 Å². The van der Waals surface area contributed by atoms with Crippen LogP contribution in [0, 0.1) is 23.2 Å². The molecule has 0 unspecified atom stereocenters. The maximum absolute atomic E-state index is 16.6. The number of hydrogen-bond acceptors (Lipinski definition) is 22. The fourth-order valence-electron chi connectivity index (χ4n) is 16.6. The standard InChI is InChI=1S/C97H145N15O17S2/c1-14-26-67-31-25-32-73-70(57-104-85(67)73)52-77-90(124)106-75(34-18-16-17-28-59(5)113)89(123)112-86(95(9,10)130-131-96(11,12)87(105-62(8)116)93(127)109-78(54-83(101)121)91(125)111-84(60(6)114)92(126)108-77)80(118)53-69(47-63-36-39-72(40-37-63)129-45-43-99)88(122)107-76(49-64-35-38-66-29-19-20-30-68(66)48-64)81(119)55-97(13,41-22-23-42-98)94(128)110-74(33-21-24-44-102-61(7)115)79(117)50-65(51-82(100)120)56-103-71(27-15-2)46-58(3)4/h19-20,25,29-32,35-40,48,57-58,60,65,69,71,74-78,84,86-87,103-104,114H,14-18,21-24,26-28,33-34,41-47,49-56,98-99H2,1-13H3,(H2,100,120)(H2,101,121)(H,102,115)(H,105,116)(H,106,124)(H,107,122)(H,108,126)(H,109,127)(H,110,128)(H,111,125)(H,112,123)/t60-,65+,69-,71+,74+,75+,76+,77+,78+,84+,86-,87-,97-/m1/s1. The van der Waals surface area contributed by atoms with Crippen LogP contribution in [0.1, 0.15) is 241 Å². The Hall–Kier alpha value is -10.1. The number of carbonyl (C=O) groups is 15. The monoisotopic (exact) mass is 1860 g/mol. The van der Waals surface area contributed by atoms with Gasteiger partial charge in [0.2, 0.25) is 65.0 Å². The van der Waals surface area contributed by atoms with Crippen molar-refractivity contribution in [3.05, 3.63) is 113 Å². The van der Waals surface area contributed by atoms with Crippen molar-refractivity contribution in [1.29, 1.82) is 0 Å². The summed E-state index contributed by atoms with van der Waals surface area (Å²) in [7, 11) is 1.98. The summed E-state index contributed by atoms with van der Waals surface area (Å²) in [5, 5.41) is 42.5. The van der Waals surface area contributed by atoms with Crippen LogP contribution in [0.4, 0.5) is 0 Å². The van der Waals surface area contributed by atoms with Crippen LogP contribution >= 0.6 is 21.6 Å². The number of nitrogens with one attached hydrogen (secondary N) is 11. The SMILES string of the molecule is CCCc1cccc2c(C[C@@H]3NC(=O)[C@H]([C@@H](C)O)NC(=O)[C@H](CC(N)=O)NC(=O)[C@@H](NC(C)=O)C(C)(C)SSC(C)(C)[C@@H](C(=O)C[C@@H](Cc4ccc(OCCN)cc4)C(=O)N[C@@H](Cc4ccc5ccccc5c4)C(=O)C[C@@](C)(CCCCN)C(=O)N[C@@H](CCCCNC(C)=O)C(=O)C[C@H](CN[C@@H](CCC)CC(C)C)CC(N)=O)NC(=O)[C@H](CCCCCC(C)=O)NC3=O)c[nH]c12. The van der Waals surface area contributed by atoms with E-state index in [4.69, 9.17) is 27.7 Å².